The van der Waals surface area contributed by atoms with Crippen LogP contribution in [0.3, 0.4) is 0 Å². The number of methoxy groups -OCH3 is 1. The van der Waals surface area contributed by atoms with Crippen molar-refractivity contribution in [1.29, 1.82) is 0 Å². The van der Waals surface area contributed by atoms with Gasteiger partial charge in [0.25, 0.3) is 0 Å². The van der Waals surface area contributed by atoms with Crippen LogP contribution < -0.4 is 15.4 Å². The minimum absolute atomic E-state index is 0.253. The minimum atomic E-state index is -0.833. The number of aliphatic hydroxyl groups is 1. The third kappa shape index (κ3) is 2.74. The molecule has 0 saturated carbocycles. The number of pyridine rings is 1. The van der Waals surface area contributed by atoms with Crippen LogP contribution in [-0.4, -0.2) is 57.0 Å². The Balaban J connectivity index is 1.73. The Hall–Kier alpha value is -2.23. The van der Waals surface area contributed by atoms with Gasteiger partial charge in [0.05, 0.1) is 36.7 Å². The number of hydrogen-bond donors (Lipinski definition) is 2. The molecule has 1 fully saturated rings. The Kier molecular flexibility index (Phi) is 3.86. The average Bonchev–Trinajstić information content (AvgIpc) is 3.29. The smallest absolute Gasteiger partial charge is 0.222 e. The topological polar surface area (TPSA) is 102 Å². The predicted octanol–water partition coefficient (Wildman–Crippen LogP) is 1.07. The minimum Gasteiger partial charge on any atom is -0.480 e. The van der Waals surface area contributed by atoms with E-state index in [4.69, 9.17) is 15.6 Å². The molecule has 3 N–H and O–H groups in total. The molecular weight excluding hydrogens is 340 g/mol. The van der Waals surface area contributed by atoms with Crippen molar-refractivity contribution in [2.75, 3.05) is 31.6 Å². The lowest BCUT2D eigenvalue weighted by Gasteiger charge is -2.20. The van der Waals surface area contributed by atoms with E-state index < -0.39 is 5.60 Å². The number of aryl methyl sites for hydroxylation is 1. The first kappa shape index (κ1) is 16.2. The number of anilines is 1. The number of β-amino-alcohol motifs (C(OH)–C–C–N with tert-alkyl or cyclic N) is 1. The molecule has 0 spiro atoms. The van der Waals surface area contributed by atoms with E-state index >= 15 is 0 Å². The molecular formula is C16H20N6O2S. The zero-order valence-corrected chi connectivity index (χ0v) is 15.0. The molecule has 1 aliphatic heterocycles. The number of imidazole rings is 1. The molecule has 0 unspecified atom stereocenters. The molecule has 0 aromatic carbocycles. The summed E-state index contributed by atoms with van der Waals surface area (Å²) in [5, 5.41) is 15.9. The van der Waals surface area contributed by atoms with Crippen LogP contribution in [0, 0.1) is 6.92 Å². The Morgan fingerprint density at radius 3 is 3.00 bits per heavy atom. The summed E-state index contributed by atoms with van der Waals surface area (Å²) >= 11 is 1.49. The van der Waals surface area contributed by atoms with Gasteiger partial charge in [-0.05, 0) is 25.5 Å². The second-order valence-corrected chi connectivity index (χ2v) is 7.27. The molecule has 4 rings (SSSR count). The Morgan fingerprint density at radius 1 is 1.44 bits per heavy atom. The van der Waals surface area contributed by atoms with Gasteiger partial charge in [-0.1, -0.05) is 11.3 Å². The predicted molar refractivity (Wildman–Crippen MR) is 96.2 cm³/mol. The molecule has 9 heteroatoms. The lowest BCUT2D eigenvalue weighted by Crippen LogP contribution is -2.40. The molecule has 0 bridgehead atoms. The highest BCUT2D eigenvalue weighted by Gasteiger charge is 2.36. The summed E-state index contributed by atoms with van der Waals surface area (Å²) < 4.78 is 7.21. The fourth-order valence-corrected chi connectivity index (χ4v) is 3.97. The van der Waals surface area contributed by atoms with Crippen LogP contribution in [0.1, 0.15) is 12.1 Å². The van der Waals surface area contributed by atoms with Crippen LogP contribution in [0.25, 0.3) is 16.2 Å². The molecule has 25 heavy (non-hydrogen) atoms. The van der Waals surface area contributed by atoms with E-state index in [0.29, 0.717) is 18.8 Å². The highest BCUT2D eigenvalue weighted by atomic mass is 32.1. The monoisotopic (exact) mass is 360 g/mol. The summed E-state index contributed by atoms with van der Waals surface area (Å²) in [7, 11) is 1.61. The molecule has 0 amide bonds. The first-order valence-corrected chi connectivity index (χ1v) is 8.88. The SMILES string of the molecule is COc1nc(C)ccc1-c1cnc2sc(N3CC[C@](O)(CN)C3)nn12. The van der Waals surface area contributed by atoms with E-state index in [0.717, 1.165) is 33.6 Å². The van der Waals surface area contributed by atoms with Gasteiger partial charge in [-0.25, -0.2) is 14.5 Å². The second kappa shape index (κ2) is 5.94. The quantitative estimate of drug-likeness (QED) is 0.717. The number of aromatic nitrogens is 4. The Labute approximate surface area is 148 Å². The number of fused-ring (bicyclic) bond motifs is 1. The van der Waals surface area contributed by atoms with Crippen molar-refractivity contribution < 1.29 is 9.84 Å². The Morgan fingerprint density at radius 2 is 2.28 bits per heavy atom. The van der Waals surface area contributed by atoms with E-state index in [2.05, 4.69) is 14.9 Å². The van der Waals surface area contributed by atoms with Crippen LogP contribution >= 0.6 is 11.3 Å². The summed E-state index contributed by atoms with van der Waals surface area (Å²) in [5.74, 6) is 0.551. The maximum atomic E-state index is 10.3. The average molecular weight is 360 g/mol. The van der Waals surface area contributed by atoms with Gasteiger partial charge in [0.15, 0.2) is 0 Å². The first-order valence-electron chi connectivity index (χ1n) is 8.07. The summed E-state index contributed by atoms with van der Waals surface area (Å²) in [6, 6.07) is 3.90. The van der Waals surface area contributed by atoms with Crippen molar-refractivity contribution in [3.8, 4) is 17.1 Å². The van der Waals surface area contributed by atoms with Crippen molar-refractivity contribution in [2.45, 2.75) is 18.9 Å². The third-order valence-corrected chi connectivity index (χ3v) is 5.51. The fraction of sp³-hybridized carbons (Fsp3) is 0.438. The lowest BCUT2D eigenvalue weighted by molar-refractivity contribution is 0.0725. The van der Waals surface area contributed by atoms with Crippen LogP contribution in [-0.2, 0) is 0 Å². The van der Waals surface area contributed by atoms with Gasteiger partial charge in [-0.3, -0.25) is 0 Å². The number of rotatable bonds is 4. The normalized spacial score (nSPS) is 20.6. The molecule has 1 saturated heterocycles. The van der Waals surface area contributed by atoms with Gasteiger partial charge >= 0.3 is 0 Å². The number of ether oxygens (including phenoxy) is 1. The van der Waals surface area contributed by atoms with Gasteiger partial charge < -0.3 is 20.5 Å². The zero-order valence-electron chi connectivity index (χ0n) is 14.1. The van der Waals surface area contributed by atoms with Crippen molar-refractivity contribution in [1.82, 2.24) is 19.6 Å². The molecule has 3 aromatic heterocycles. The second-order valence-electron chi connectivity index (χ2n) is 6.33. The molecule has 132 valence electrons. The first-order chi connectivity index (χ1) is 12.0. The molecule has 1 atom stereocenters. The van der Waals surface area contributed by atoms with E-state index in [1.54, 1.807) is 17.8 Å². The van der Waals surface area contributed by atoms with Crippen LogP contribution in [0.15, 0.2) is 18.3 Å². The van der Waals surface area contributed by atoms with Crippen molar-refractivity contribution in [3.05, 3.63) is 24.0 Å². The number of nitrogens with two attached hydrogens (primary N) is 1. The molecule has 8 nitrogen and oxygen atoms in total. The van der Waals surface area contributed by atoms with E-state index in [9.17, 15) is 5.11 Å². The summed E-state index contributed by atoms with van der Waals surface area (Å²) in [6.07, 6.45) is 2.42. The maximum absolute atomic E-state index is 10.3. The van der Waals surface area contributed by atoms with Crippen LogP contribution in [0.4, 0.5) is 5.13 Å². The van der Waals surface area contributed by atoms with Gasteiger partial charge in [-0.2, -0.15) is 0 Å². The van der Waals surface area contributed by atoms with Gasteiger partial charge in [0.1, 0.15) is 0 Å². The summed E-state index contributed by atoms with van der Waals surface area (Å²) in [6.45, 7) is 3.40. The van der Waals surface area contributed by atoms with E-state index in [-0.39, 0.29) is 6.54 Å². The fourth-order valence-electron chi connectivity index (χ4n) is 3.06. The van der Waals surface area contributed by atoms with Crippen molar-refractivity contribution >= 4 is 21.4 Å². The highest BCUT2D eigenvalue weighted by molar-refractivity contribution is 7.20. The molecule has 0 radical (unpaired) electrons. The largest absolute Gasteiger partial charge is 0.480 e. The van der Waals surface area contributed by atoms with E-state index in [1.807, 2.05) is 19.1 Å². The van der Waals surface area contributed by atoms with Crippen LogP contribution in [0.2, 0.25) is 0 Å². The number of nitrogens with zero attached hydrogens (tertiary/aromatic N) is 5. The molecule has 1 aliphatic rings. The van der Waals surface area contributed by atoms with Crippen LogP contribution in [0.5, 0.6) is 5.88 Å². The third-order valence-electron chi connectivity index (χ3n) is 4.53. The summed E-state index contributed by atoms with van der Waals surface area (Å²) in [4.78, 5) is 11.7. The van der Waals surface area contributed by atoms with Crippen molar-refractivity contribution in [2.24, 2.45) is 5.73 Å². The standard InChI is InChI=1S/C16H20N6O2S/c1-10-3-4-11(13(19-10)24-2)12-7-18-14-22(12)20-15(25-14)21-6-5-16(23,8-17)9-21/h3-4,7,23H,5-6,8-9,17H2,1-2H3/t16-/m0/s1. The molecule has 3 aromatic rings. The zero-order chi connectivity index (χ0) is 17.6. The highest BCUT2D eigenvalue weighted by Crippen LogP contribution is 2.34. The van der Waals surface area contributed by atoms with E-state index in [1.165, 1.54) is 11.3 Å². The van der Waals surface area contributed by atoms with Gasteiger partial charge in [0, 0.05) is 18.8 Å². The Bertz CT molecular complexity index is 923. The van der Waals surface area contributed by atoms with Gasteiger partial charge in [-0.15, -0.1) is 5.10 Å². The lowest BCUT2D eigenvalue weighted by atomic mass is 10.0. The number of hydrogen-bond acceptors (Lipinski definition) is 8. The van der Waals surface area contributed by atoms with Gasteiger partial charge in [0.2, 0.25) is 16.0 Å². The molecule has 0 aliphatic carbocycles. The van der Waals surface area contributed by atoms with Crippen molar-refractivity contribution in [3.63, 3.8) is 0 Å². The summed E-state index contributed by atoms with van der Waals surface area (Å²) in [5.41, 5.74) is 7.40. The molecule has 4 heterocycles. The maximum Gasteiger partial charge on any atom is 0.222 e.